The summed E-state index contributed by atoms with van der Waals surface area (Å²) in [6.45, 7) is 6.59. The minimum absolute atomic E-state index is 0.0638. The molecule has 1 aromatic carbocycles. The Morgan fingerprint density at radius 2 is 1.96 bits per heavy atom. The zero-order valence-electron chi connectivity index (χ0n) is 16.2. The summed E-state index contributed by atoms with van der Waals surface area (Å²) in [5, 5.41) is 9.51. The molecule has 4 rings (SSSR count). The summed E-state index contributed by atoms with van der Waals surface area (Å²) in [7, 11) is 0. The predicted octanol–water partition coefficient (Wildman–Crippen LogP) is 2.19. The fraction of sp³-hybridized carbons (Fsp3) is 0.476. The molecule has 3 heterocycles. The highest BCUT2D eigenvalue weighted by atomic mass is 16.7. The Balaban J connectivity index is 1.63. The van der Waals surface area contributed by atoms with Crippen LogP contribution in [0.3, 0.4) is 0 Å². The second-order valence-corrected chi connectivity index (χ2v) is 7.52. The number of rotatable bonds is 3. The second kappa shape index (κ2) is 7.38. The number of H-pyrrole nitrogens is 1. The maximum absolute atomic E-state index is 12.5. The van der Waals surface area contributed by atoms with Gasteiger partial charge in [-0.25, -0.2) is 4.98 Å². The molecule has 146 valence electrons. The lowest BCUT2D eigenvalue weighted by Gasteiger charge is -2.38. The maximum atomic E-state index is 12.5. The smallest absolute Gasteiger partial charge is 0.271 e. The molecule has 0 radical (unpaired) electrons. The highest BCUT2D eigenvalue weighted by Gasteiger charge is 2.40. The van der Waals surface area contributed by atoms with Crippen molar-refractivity contribution in [3.63, 3.8) is 0 Å². The molecule has 0 unspecified atom stereocenters. The molecule has 0 atom stereocenters. The first-order chi connectivity index (χ1) is 13.5. The molecule has 1 aromatic heterocycles. The van der Waals surface area contributed by atoms with Crippen molar-refractivity contribution in [3.05, 3.63) is 56.6 Å². The molecule has 2 aliphatic rings. The number of anilines is 1. The fourth-order valence-electron chi connectivity index (χ4n) is 3.94. The van der Waals surface area contributed by atoms with Crippen molar-refractivity contribution in [2.45, 2.75) is 38.9 Å². The number of hydrogen-bond donors (Lipinski definition) is 1. The Morgan fingerprint density at radius 3 is 2.64 bits per heavy atom. The number of hydrogen-bond acceptors (Lipinski definition) is 6. The number of nitrogens with zero attached hydrogens (tertiary/aromatic N) is 3. The third-order valence-corrected chi connectivity index (χ3v) is 5.56. The second-order valence-electron chi connectivity index (χ2n) is 7.52. The third kappa shape index (κ3) is 3.53. The van der Waals surface area contributed by atoms with Crippen molar-refractivity contribution in [3.8, 4) is 6.07 Å². The molecule has 1 spiro atoms. The molecular weight excluding hydrogens is 356 g/mol. The van der Waals surface area contributed by atoms with Crippen LogP contribution < -0.4 is 10.5 Å². The van der Waals surface area contributed by atoms with Gasteiger partial charge in [0.1, 0.15) is 11.9 Å². The van der Waals surface area contributed by atoms with Gasteiger partial charge < -0.3 is 19.4 Å². The normalized spacial score (nSPS) is 18.4. The summed E-state index contributed by atoms with van der Waals surface area (Å²) in [6, 6.07) is 8.26. The standard InChI is InChI=1S/C21H24N4O3/c1-14-3-4-15(2)16(11-14)12-18-23-19(17(13-22)20(26)24-18)25-7-5-21(6-8-25)27-9-10-28-21/h3-4,11H,5-10,12H2,1-2H3,(H,23,24,26). The molecule has 28 heavy (non-hydrogen) atoms. The predicted molar refractivity (Wildman–Crippen MR) is 104 cm³/mol. The van der Waals surface area contributed by atoms with Gasteiger partial charge in [0.05, 0.1) is 13.2 Å². The molecule has 2 saturated heterocycles. The van der Waals surface area contributed by atoms with E-state index < -0.39 is 5.79 Å². The monoisotopic (exact) mass is 380 g/mol. The highest BCUT2D eigenvalue weighted by Crippen LogP contribution is 2.33. The van der Waals surface area contributed by atoms with Crippen LogP contribution >= 0.6 is 0 Å². The van der Waals surface area contributed by atoms with Crippen LogP contribution in [-0.4, -0.2) is 42.1 Å². The summed E-state index contributed by atoms with van der Waals surface area (Å²) in [4.78, 5) is 22.0. The highest BCUT2D eigenvalue weighted by molar-refractivity contribution is 5.53. The van der Waals surface area contributed by atoms with E-state index in [0.29, 0.717) is 57.2 Å². The summed E-state index contributed by atoms with van der Waals surface area (Å²) in [5.74, 6) is 0.521. The molecule has 7 heteroatoms. The van der Waals surface area contributed by atoms with Crippen LogP contribution in [0.1, 0.15) is 40.9 Å². The van der Waals surface area contributed by atoms with Gasteiger partial charge in [-0.1, -0.05) is 23.8 Å². The first kappa shape index (κ1) is 18.7. The van der Waals surface area contributed by atoms with E-state index in [1.54, 1.807) is 0 Å². The van der Waals surface area contributed by atoms with Gasteiger partial charge in [0.15, 0.2) is 17.2 Å². The van der Waals surface area contributed by atoms with Crippen LogP contribution in [0.25, 0.3) is 0 Å². The number of aromatic amines is 1. The van der Waals surface area contributed by atoms with Crippen molar-refractivity contribution in [1.82, 2.24) is 9.97 Å². The largest absolute Gasteiger partial charge is 0.355 e. The van der Waals surface area contributed by atoms with Gasteiger partial charge in [0, 0.05) is 32.4 Å². The summed E-state index contributed by atoms with van der Waals surface area (Å²) in [6.07, 6.45) is 1.91. The van der Waals surface area contributed by atoms with Crippen molar-refractivity contribution in [1.29, 1.82) is 5.26 Å². The number of nitrogens with one attached hydrogen (secondary N) is 1. The third-order valence-electron chi connectivity index (χ3n) is 5.56. The van der Waals surface area contributed by atoms with Crippen LogP contribution in [-0.2, 0) is 15.9 Å². The molecule has 0 saturated carbocycles. The van der Waals surface area contributed by atoms with Gasteiger partial charge >= 0.3 is 0 Å². The molecule has 2 aliphatic heterocycles. The minimum Gasteiger partial charge on any atom is -0.355 e. The SMILES string of the molecule is Cc1ccc(C)c(Cc2nc(N3CCC4(CC3)OCCO4)c(C#N)c(=O)[nH]2)c1. The van der Waals surface area contributed by atoms with E-state index in [-0.39, 0.29) is 11.1 Å². The Kier molecular flexibility index (Phi) is 4.92. The summed E-state index contributed by atoms with van der Waals surface area (Å²) >= 11 is 0. The Morgan fingerprint density at radius 1 is 1.25 bits per heavy atom. The van der Waals surface area contributed by atoms with Gasteiger partial charge in [-0.15, -0.1) is 0 Å². The summed E-state index contributed by atoms with van der Waals surface area (Å²) in [5.41, 5.74) is 3.10. The van der Waals surface area contributed by atoms with Gasteiger partial charge in [-0.2, -0.15) is 5.26 Å². The van der Waals surface area contributed by atoms with E-state index in [0.717, 1.165) is 16.7 Å². The van der Waals surface area contributed by atoms with E-state index in [1.807, 2.05) is 24.8 Å². The fourth-order valence-corrected chi connectivity index (χ4v) is 3.94. The number of aryl methyl sites for hydroxylation is 2. The molecule has 0 bridgehead atoms. The molecule has 0 amide bonds. The first-order valence-electron chi connectivity index (χ1n) is 9.62. The average molecular weight is 380 g/mol. The van der Waals surface area contributed by atoms with Crippen LogP contribution in [0.5, 0.6) is 0 Å². The van der Waals surface area contributed by atoms with E-state index >= 15 is 0 Å². The number of piperidine rings is 1. The zero-order valence-corrected chi connectivity index (χ0v) is 16.2. The molecule has 7 nitrogen and oxygen atoms in total. The number of ether oxygens (including phenoxy) is 2. The average Bonchev–Trinajstić information content (AvgIpc) is 3.13. The lowest BCUT2D eigenvalue weighted by Crippen LogP contribution is -2.46. The molecule has 2 aromatic rings. The minimum atomic E-state index is -0.508. The van der Waals surface area contributed by atoms with Crippen molar-refractivity contribution >= 4 is 5.82 Å². The number of benzene rings is 1. The van der Waals surface area contributed by atoms with Gasteiger partial charge in [0.25, 0.3) is 5.56 Å². The van der Waals surface area contributed by atoms with Gasteiger partial charge in [0.2, 0.25) is 0 Å². The maximum Gasteiger partial charge on any atom is 0.271 e. The van der Waals surface area contributed by atoms with Crippen molar-refractivity contribution in [2.75, 3.05) is 31.2 Å². The number of nitriles is 1. The van der Waals surface area contributed by atoms with E-state index in [1.165, 1.54) is 0 Å². The Hall–Kier alpha value is -2.69. The van der Waals surface area contributed by atoms with Gasteiger partial charge in [-0.3, -0.25) is 4.79 Å². The number of aromatic nitrogens is 2. The molecule has 2 fully saturated rings. The van der Waals surface area contributed by atoms with Crippen LogP contribution in [0.2, 0.25) is 0 Å². The van der Waals surface area contributed by atoms with E-state index in [2.05, 4.69) is 28.2 Å². The first-order valence-corrected chi connectivity index (χ1v) is 9.62. The van der Waals surface area contributed by atoms with Gasteiger partial charge in [-0.05, 0) is 25.0 Å². The molecular formula is C21H24N4O3. The van der Waals surface area contributed by atoms with Crippen molar-refractivity contribution in [2.24, 2.45) is 0 Å². The van der Waals surface area contributed by atoms with E-state index in [9.17, 15) is 10.1 Å². The van der Waals surface area contributed by atoms with E-state index in [4.69, 9.17) is 9.47 Å². The zero-order chi connectivity index (χ0) is 19.7. The van der Waals surface area contributed by atoms with Crippen LogP contribution in [0, 0.1) is 25.2 Å². The lowest BCUT2D eigenvalue weighted by atomic mass is 10.0. The van der Waals surface area contributed by atoms with Crippen molar-refractivity contribution < 1.29 is 9.47 Å². The quantitative estimate of drug-likeness (QED) is 0.878. The Labute approximate surface area is 163 Å². The summed E-state index contributed by atoms with van der Waals surface area (Å²) < 4.78 is 11.5. The Bertz CT molecular complexity index is 976. The van der Waals surface area contributed by atoms with Crippen LogP contribution in [0.4, 0.5) is 5.82 Å². The van der Waals surface area contributed by atoms with Crippen LogP contribution in [0.15, 0.2) is 23.0 Å². The molecule has 1 N–H and O–H groups in total. The topological polar surface area (TPSA) is 91.2 Å². The molecule has 0 aliphatic carbocycles. The lowest BCUT2D eigenvalue weighted by molar-refractivity contribution is -0.169.